The lowest BCUT2D eigenvalue weighted by atomic mass is 10.2. The molecule has 140 valence electrons. The van der Waals surface area contributed by atoms with E-state index in [1.54, 1.807) is 12.1 Å². The van der Waals surface area contributed by atoms with Crippen LogP contribution in [0.15, 0.2) is 41.6 Å². The zero-order valence-corrected chi connectivity index (χ0v) is 15.5. The summed E-state index contributed by atoms with van der Waals surface area (Å²) in [5.41, 5.74) is 0.550. The van der Waals surface area contributed by atoms with Gasteiger partial charge in [-0.1, -0.05) is 19.8 Å². The van der Waals surface area contributed by atoms with Crippen molar-refractivity contribution in [3.63, 3.8) is 0 Å². The Bertz CT molecular complexity index is 838. The van der Waals surface area contributed by atoms with Gasteiger partial charge in [-0.05, 0) is 30.7 Å². The van der Waals surface area contributed by atoms with E-state index in [1.165, 1.54) is 31.6 Å². The van der Waals surface area contributed by atoms with Crippen LogP contribution in [0.2, 0.25) is 0 Å². The quantitative estimate of drug-likeness (QED) is 0.649. The van der Waals surface area contributed by atoms with Gasteiger partial charge in [-0.15, -0.1) is 0 Å². The van der Waals surface area contributed by atoms with E-state index in [2.05, 4.69) is 26.9 Å². The van der Waals surface area contributed by atoms with Crippen LogP contribution in [0.1, 0.15) is 32.6 Å². The fourth-order valence-corrected chi connectivity index (χ4v) is 3.18. The molecule has 1 aromatic carbocycles. The maximum Gasteiger partial charge on any atom is 0.263 e. The van der Waals surface area contributed by atoms with E-state index in [9.17, 15) is 13.2 Å². The largest absolute Gasteiger partial charge is 0.481 e. The molecule has 0 bridgehead atoms. The second-order valence-corrected chi connectivity index (χ2v) is 7.26. The predicted molar refractivity (Wildman–Crippen MR) is 98.6 cm³/mol. The zero-order chi connectivity index (χ0) is 19.0. The van der Waals surface area contributed by atoms with E-state index in [0.717, 1.165) is 19.3 Å². The Labute approximate surface area is 153 Å². The van der Waals surface area contributed by atoms with Crippen LogP contribution in [-0.4, -0.2) is 31.4 Å². The highest BCUT2D eigenvalue weighted by Gasteiger charge is 2.15. The Balaban J connectivity index is 2.02. The van der Waals surface area contributed by atoms with Gasteiger partial charge in [0, 0.05) is 18.2 Å². The van der Waals surface area contributed by atoms with Crippen molar-refractivity contribution in [2.24, 2.45) is 0 Å². The average molecular weight is 378 g/mol. The van der Waals surface area contributed by atoms with Crippen LogP contribution < -0.4 is 14.8 Å². The van der Waals surface area contributed by atoms with Gasteiger partial charge in [0.05, 0.1) is 12.0 Å². The van der Waals surface area contributed by atoms with Crippen molar-refractivity contribution in [3.8, 4) is 5.88 Å². The normalized spacial score (nSPS) is 11.0. The van der Waals surface area contributed by atoms with Crippen molar-refractivity contribution < 1.29 is 17.9 Å². The molecule has 0 fully saturated rings. The van der Waals surface area contributed by atoms with E-state index >= 15 is 0 Å². The van der Waals surface area contributed by atoms with Gasteiger partial charge >= 0.3 is 0 Å². The summed E-state index contributed by atoms with van der Waals surface area (Å²) < 4.78 is 32.1. The highest BCUT2D eigenvalue weighted by molar-refractivity contribution is 7.92. The predicted octanol–water partition coefficient (Wildman–Crippen LogP) is 2.80. The molecule has 2 aromatic rings. The van der Waals surface area contributed by atoms with Crippen molar-refractivity contribution in [1.29, 1.82) is 0 Å². The van der Waals surface area contributed by atoms with Crippen LogP contribution in [0, 0.1) is 0 Å². The first-order valence-corrected chi connectivity index (χ1v) is 9.71. The maximum absolute atomic E-state index is 12.4. The van der Waals surface area contributed by atoms with Crippen LogP contribution in [-0.2, 0) is 14.8 Å². The summed E-state index contributed by atoms with van der Waals surface area (Å²) in [7, 11) is -2.38. The number of rotatable bonds is 9. The average Bonchev–Trinajstić information content (AvgIpc) is 2.62. The van der Waals surface area contributed by atoms with Gasteiger partial charge in [0.15, 0.2) is 0 Å². The molecule has 0 aliphatic rings. The number of carbonyl (C=O) groups is 1. The number of hydrogen-bond acceptors (Lipinski definition) is 6. The van der Waals surface area contributed by atoms with Gasteiger partial charge in [0.25, 0.3) is 10.0 Å². The lowest BCUT2D eigenvalue weighted by molar-refractivity contribution is -0.116. The molecule has 26 heavy (non-hydrogen) atoms. The Kier molecular flexibility index (Phi) is 6.90. The van der Waals surface area contributed by atoms with Crippen molar-refractivity contribution in [2.45, 2.75) is 37.5 Å². The Hall–Kier alpha value is -2.68. The van der Waals surface area contributed by atoms with Crippen molar-refractivity contribution >= 4 is 27.4 Å². The van der Waals surface area contributed by atoms with E-state index in [0.29, 0.717) is 12.1 Å². The summed E-state index contributed by atoms with van der Waals surface area (Å²) >= 11 is 0. The Morgan fingerprint density at radius 2 is 1.88 bits per heavy atom. The lowest BCUT2D eigenvalue weighted by Crippen LogP contribution is -2.15. The SMILES string of the molecule is CCCCCC(=O)Nc1ccc(S(=O)(=O)Nc2cc(OC)ncn2)cc1. The fourth-order valence-electron chi connectivity index (χ4n) is 2.18. The standard InChI is InChI=1S/C17H22N4O4S/c1-3-4-5-6-16(22)20-13-7-9-14(10-8-13)26(23,24)21-15-11-17(25-2)19-12-18-15/h7-12H,3-6H2,1-2H3,(H,20,22)(H,18,19,21). The highest BCUT2D eigenvalue weighted by atomic mass is 32.2. The monoisotopic (exact) mass is 378 g/mol. The zero-order valence-electron chi connectivity index (χ0n) is 14.7. The summed E-state index contributed by atoms with van der Waals surface area (Å²) in [6.45, 7) is 2.07. The third-order valence-corrected chi connectivity index (χ3v) is 4.92. The van der Waals surface area contributed by atoms with Crippen LogP contribution >= 0.6 is 0 Å². The first kappa shape index (κ1) is 19.6. The Morgan fingerprint density at radius 3 is 2.54 bits per heavy atom. The van der Waals surface area contributed by atoms with Crippen LogP contribution in [0.5, 0.6) is 5.88 Å². The molecule has 0 spiro atoms. The number of nitrogens with zero attached hydrogens (tertiary/aromatic N) is 2. The number of unbranched alkanes of at least 4 members (excludes halogenated alkanes) is 2. The molecule has 0 atom stereocenters. The molecule has 8 nitrogen and oxygen atoms in total. The summed E-state index contributed by atoms with van der Waals surface area (Å²) in [6, 6.07) is 7.31. The second kappa shape index (κ2) is 9.14. The molecule has 1 heterocycles. The summed E-state index contributed by atoms with van der Waals surface area (Å²) in [4.78, 5) is 19.5. The molecule has 0 saturated carbocycles. The van der Waals surface area contributed by atoms with E-state index in [-0.39, 0.29) is 22.5 Å². The molecule has 0 saturated heterocycles. The molecule has 0 aliphatic heterocycles. The third kappa shape index (κ3) is 5.69. The van der Waals surface area contributed by atoms with Gasteiger partial charge in [-0.25, -0.2) is 18.4 Å². The van der Waals surface area contributed by atoms with Gasteiger partial charge in [0.2, 0.25) is 11.8 Å². The molecule has 0 unspecified atom stereocenters. The van der Waals surface area contributed by atoms with Crippen LogP contribution in [0.25, 0.3) is 0 Å². The van der Waals surface area contributed by atoms with Gasteiger partial charge < -0.3 is 10.1 Å². The molecule has 0 aliphatic carbocycles. The molecule has 9 heteroatoms. The van der Waals surface area contributed by atoms with Crippen molar-refractivity contribution in [1.82, 2.24) is 9.97 Å². The molecular weight excluding hydrogens is 356 g/mol. The molecule has 2 N–H and O–H groups in total. The highest BCUT2D eigenvalue weighted by Crippen LogP contribution is 2.19. The third-order valence-electron chi connectivity index (χ3n) is 3.55. The van der Waals surface area contributed by atoms with Gasteiger partial charge in [-0.3, -0.25) is 9.52 Å². The number of hydrogen-bond donors (Lipinski definition) is 2. The van der Waals surface area contributed by atoms with Gasteiger partial charge in [0.1, 0.15) is 12.1 Å². The first-order chi connectivity index (χ1) is 12.4. The van der Waals surface area contributed by atoms with Crippen molar-refractivity contribution in [3.05, 3.63) is 36.7 Å². The van der Waals surface area contributed by atoms with E-state index < -0.39 is 10.0 Å². The van der Waals surface area contributed by atoms with E-state index in [1.807, 2.05) is 0 Å². The summed E-state index contributed by atoms with van der Waals surface area (Å²) in [6.07, 6.45) is 4.54. The number of carbonyl (C=O) groups excluding carboxylic acids is 1. The minimum absolute atomic E-state index is 0.0547. The number of sulfonamides is 1. The number of aromatic nitrogens is 2. The first-order valence-electron chi connectivity index (χ1n) is 8.23. The minimum Gasteiger partial charge on any atom is -0.481 e. The van der Waals surface area contributed by atoms with Crippen molar-refractivity contribution in [2.75, 3.05) is 17.1 Å². The number of benzene rings is 1. The number of methoxy groups -OCH3 is 1. The fraction of sp³-hybridized carbons (Fsp3) is 0.353. The smallest absolute Gasteiger partial charge is 0.263 e. The topological polar surface area (TPSA) is 110 Å². The number of anilines is 2. The Morgan fingerprint density at radius 1 is 1.15 bits per heavy atom. The van der Waals surface area contributed by atoms with Gasteiger partial charge in [-0.2, -0.15) is 0 Å². The van der Waals surface area contributed by atoms with E-state index in [4.69, 9.17) is 4.74 Å². The summed E-state index contributed by atoms with van der Waals surface area (Å²) in [5.74, 6) is 0.268. The summed E-state index contributed by atoms with van der Waals surface area (Å²) in [5, 5.41) is 2.75. The lowest BCUT2D eigenvalue weighted by Gasteiger charge is -2.09. The van der Waals surface area contributed by atoms with Crippen LogP contribution in [0.4, 0.5) is 11.5 Å². The molecule has 2 rings (SSSR count). The molecule has 1 aromatic heterocycles. The minimum atomic E-state index is -3.81. The molecule has 0 radical (unpaired) electrons. The molecular formula is C17H22N4O4S. The number of ether oxygens (including phenoxy) is 1. The number of amides is 1. The number of nitrogens with one attached hydrogen (secondary N) is 2. The maximum atomic E-state index is 12.4. The second-order valence-electron chi connectivity index (χ2n) is 5.58. The molecule has 1 amide bonds. The van der Waals surface area contributed by atoms with Crippen LogP contribution in [0.3, 0.4) is 0 Å².